The van der Waals surface area contributed by atoms with Crippen LogP contribution in [0.2, 0.25) is 0 Å². The van der Waals surface area contributed by atoms with Crippen molar-refractivity contribution in [2.75, 3.05) is 7.11 Å². The molecule has 5 nitrogen and oxygen atoms in total. The molecule has 0 unspecified atom stereocenters. The van der Waals surface area contributed by atoms with Crippen molar-refractivity contribution in [3.05, 3.63) is 42.5 Å². The molecule has 0 aliphatic heterocycles. The fraction of sp³-hybridized carbons (Fsp3) is 0.188. The molecule has 5 heteroatoms. The molecule has 1 amide bonds. The summed E-state index contributed by atoms with van der Waals surface area (Å²) >= 11 is 0. The predicted octanol–water partition coefficient (Wildman–Crippen LogP) is 2.18. The summed E-state index contributed by atoms with van der Waals surface area (Å²) in [6.45, 7) is 0.583. The Balaban J connectivity index is 2.18. The highest BCUT2D eigenvalue weighted by atomic mass is 16.5. The van der Waals surface area contributed by atoms with Gasteiger partial charge in [-0.2, -0.15) is 0 Å². The van der Waals surface area contributed by atoms with Crippen LogP contribution in [0, 0.1) is 0 Å². The Labute approximate surface area is 122 Å². The first-order chi connectivity index (χ1) is 10.2. The number of aryl methyl sites for hydroxylation is 1. The predicted molar refractivity (Wildman–Crippen MR) is 82.9 cm³/mol. The number of methoxy groups -OCH3 is 1. The third-order valence-corrected chi connectivity index (χ3v) is 3.70. The van der Waals surface area contributed by atoms with E-state index in [1.807, 2.05) is 30.3 Å². The quantitative estimate of drug-likeness (QED) is 0.438. The van der Waals surface area contributed by atoms with Crippen LogP contribution in [-0.2, 0) is 11.3 Å². The summed E-state index contributed by atoms with van der Waals surface area (Å²) in [6, 6.07) is 14.1. The maximum absolute atomic E-state index is 11.4. The normalized spacial score (nSPS) is 11.0. The maximum atomic E-state index is 11.4. The minimum absolute atomic E-state index is 0.172. The highest BCUT2D eigenvalue weighted by molar-refractivity contribution is 6.08. The van der Waals surface area contributed by atoms with E-state index < -0.39 is 0 Å². The van der Waals surface area contributed by atoms with Gasteiger partial charge in [-0.25, -0.2) is 5.84 Å². The molecule has 1 heterocycles. The van der Waals surface area contributed by atoms with Crippen molar-refractivity contribution in [1.29, 1.82) is 0 Å². The lowest BCUT2D eigenvalue weighted by molar-refractivity contribution is -0.121. The lowest BCUT2D eigenvalue weighted by Crippen LogP contribution is -2.30. The molecule has 3 N–H and O–H groups in total. The van der Waals surface area contributed by atoms with Gasteiger partial charge in [0, 0.05) is 34.8 Å². The van der Waals surface area contributed by atoms with Gasteiger partial charge in [0.15, 0.2) is 0 Å². The van der Waals surface area contributed by atoms with Gasteiger partial charge in [0.1, 0.15) is 5.75 Å². The number of rotatable bonds is 4. The first-order valence-electron chi connectivity index (χ1n) is 6.79. The third kappa shape index (κ3) is 2.32. The molecule has 0 saturated carbocycles. The Kier molecular flexibility index (Phi) is 3.50. The van der Waals surface area contributed by atoms with Crippen molar-refractivity contribution in [2.45, 2.75) is 13.0 Å². The van der Waals surface area contributed by atoms with Crippen molar-refractivity contribution in [1.82, 2.24) is 9.99 Å². The van der Waals surface area contributed by atoms with Gasteiger partial charge < -0.3 is 9.30 Å². The van der Waals surface area contributed by atoms with Crippen LogP contribution in [0.15, 0.2) is 42.5 Å². The molecule has 0 radical (unpaired) electrons. The summed E-state index contributed by atoms with van der Waals surface area (Å²) in [5.41, 5.74) is 4.36. The molecule has 0 saturated heterocycles. The van der Waals surface area contributed by atoms with Crippen LogP contribution in [0.25, 0.3) is 21.8 Å². The summed E-state index contributed by atoms with van der Waals surface area (Å²) in [7, 11) is 1.66. The van der Waals surface area contributed by atoms with Gasteiger partial charge in [-0.05, 0) is 24.3 Å². The van der Waals surface area contributed by atoms with Gasteiger partial charge in [-0.3, -0.25) is 10.2 Å². The van der Waals surface area contributed by atoms with Gasteiger partial charge >= 0.3 is 0 Å². The van der Waals surface area contributed by atoms with E-state index in [-0.39, 0.29) is 5.91 Å². The summed E-state index contributed by atoms with van der Waals surface area (Å²) in [5.74, 6) is 5.80. The molecule has 0 aliphatic carbocycles. The van der Waals surface area contributed by atoms with Crippen molar-refractivity contribution in [3.8, 4) is 5.75 Å². The molecule has 0 atom stereocenters. The van der Waals surface area contributed by atoms with E-state index in [1.54, 1.807) is 7.11 Å². The molecule has 1 aromatic heterocycles. The van der Waals surface area contributed by atoms with Gasteiger partial charge in [0.05, 0.1) is 7.11 Å². The molecule has 108 valence electrons. The monoisotopic (exact) mass is 283 g/mol. The zero-order valence-corrected chi connectivity index (χ0v) is 11.8. The molecular formula is C16H17N3O2. The number of nitrogens with one attached hydrogen (secondary N) is 1. The minimum Gasteiger partial charge on any atom is -0.497 e. The molecular weight excluding hydrogens is 266 g/mol. The number of hydrazine groups is 1. The lowest BCUT2D eigenvalue weighted by Gasteiger charge is -2.07. The van der Waals surface area contributed by atoms with Gasteiger partial charge in [0.25, 0.3) is 0 Å². The van der Waals surface area contributed by atoms with Crippen LogP contribution in [0.3, 0.4) is 0 Å². The molecule has 0 aliphatic rings. The molecule has 3 aromatic rings. The fourth-order valence-corrected chi connectivity index (χ4v) is 2.69. The number of para-hydroxylation sites is 1. The highest BCUT2D eigenvalue weighted by Gasteiger charge is 2.11. The van der Waals surface area contributed by atoms with Crippen LogP contribution in [0.5, 0.6) is 5.75 Å². The first kappa shape index (κ1) is 13.5. The minimum atomic E-state index is -0.172. The largest absolute Gasteiger partial charge is 0.497 e. The number of hydrogen-bond donors (Lipinski definition) is 2. The van der Waals surface area contributed by atoms with E-state index in [0.29, 0.717) is 13.0 Å². The molecule has 21 heavy (non-hydrogen) atoms. The number of hydrogen-bond acceptors (Lipinski definition) is 3. The molecule has 0 fully saturated rings. The van der Waals surface area contributed by atoms with Crippen molar-refractivity contribution < 1.29 is 9.53 Å². The number of nitrogens with zero attached hydrogens (tertiary/aromatic N) is 1. The van der Waals surface area contributed by atoms with E-state index >= 15 is 0 Å². The van der Waals surface area contributed by atoms with Crippen molar-refractivity contribution in [2.24, 2.45) is 5.84 Å². The second-order valence-electron chi connectivity index (χ2n) is 4.87. The first-order valence-corrected chi connectivity index (χ1v) is 6.79. The molecule has 2 aromatic carbocycles. The Bertz CT molecular complexity index is 808. The zero-order valence-electron chi connectivity index (χ0n) is 11.8. The summed E-state index contributed by atoms with van der Waals surface area (Å²) < 4.78 is 7.44. The van der Waals surface area contributed by atoms with E-state index in [2.05, 4.69) is 22.1 Å². The van der Waals surface area contributed by atoms with Crippen LogP contribution in [0.1, 0.15) is 6.42 Å². The van der Waals surface area contributed by atoms with Crippen LogP contribution >= 0.6 is 0 Å². The smallest absolute Gasteiger partial charge is 0.235 e. The standard InChI is InChI=1S/C16H17N3O2/c1-21-11-6-7-15-13(10-11)12-4-2-3-5-14(12)19(15)9-8-16(20)18-17/h2-7,10H,8-9,17H2,1H3,(H,18,20). The molecule has 0 bridgehead atoms. The number of carbonyl (C=O) groups is 1. The van der Waals surface area contributed by atoms with Gasteiger partial charge in [-0.15, -0.1) is 0 Å². The number of benzene rings is 2. The molecule has 3 rings (SSSR count). The van der Waals surface area contributed by atoms with Crippen molar-refractivity contribution in [3.63, 3.8) is 0 Å². The number of aromatic nitrogens is 1. The second kappa shape index (κ2) is 5.46. The average molecular weight is 283 g/mol. The zero-order chi connectivity index (χ0) is 14.8. The summed E-state index contributed by atoms with van der Waals surface area (Å²) in [4.78, 5) is 11.4. The fourth-order valence-electron chi connectivity index (χ4n) is 2.69. The highest BCUT2D eigenvalue weighted by Crippen LogP contribution is 2.31. The van der Waals surface area contributed by atoms with Crippen LogP contribution < -0.4 is 16.0 Å². The summed E-state index contributed by atoms with van der Waals surface area (Å²) in [6.07, 6.45) is 0.344. The lowest BCUT2D eigenvalue weighted by atomic mass is 10.1. The Hall–Kier alpha value is -2.53. The number of amides is 1. The Morgan fingerprint density at radius 2 is 1.95 bits per heavy atom. The van der Waals surface area contributed by atoms with E-state index in [0.717, 1.165) is 27.6 Å². The maximum Gasteiger partial charge on any atom is 0.235 e. The SMILES string of the molecule is COc1ccc2c(c1)c1ccccc1n2CCC(=O)NN. The number of fused-ring (bicyclic) bond motifs is 3. The number of carbonyl (C=O) groups excluding carboxylic acids is 1. The number of nitrogens with two attached hydrogens (primary N) is 1. The Morgan fingerprint density at radius 1 is 1.19 bits per heavy atom. The van der Waals surface area contributed by atoms with E-state index in [4.69, 9.17) is 10.6 Å². The average Bonchev–Trinajstić information content (AvgIpc) is 2.85. The van der Waals surface area contributed by atoms with E-state index in [1.165, 1.54) is 0 Å². The van der Waals surface area contributed by atoms with Gasteiger partial charge in [0.2, 0.25) is 5.91 Å². The third-order valence-electron chi connectivity index (χ3n) is 3.70. The number of ether oxygens (including phenoxy) is 1. The Morgan fingerprint density at radius 3 is 2.71 bits per heavy atom. The summed E-state index contributed by atoms with van der Waals surface area (Å²) in [5, 5.41) is 2.28. The van der Waals surface area contributed by atoms with Crippen LogP contribution in [-0.4, -0.2) is 17.6 Å². The molecule has 0 spiro atoms. The van der Waals surface area contributed by atoms with Gasteiger partial charge in [-0.1, -0.05) is 18.2 Å². The second-order valence-corrected chi connectivity index (χ2v) is 4.87. The van der Waals surface area contributed by atoms with Crippen molar-refractivity contribution >= 4 is 27.7 Å². The van der Waals surface area contributed by atoms with E-state index in [9.17, 15) is 4.79 Å². The topological polar surface area (TPSA) is 69.3 Å². The van der Waals surface area contributed by atoms with Crippen LogP contribution in [0.4, 0.5) is 0 Å².